The van der Waals surface area contributed by atoms with E-state index in [0.717, 1.165) is 21.5 Å². The molecule has 4 atom stereocenters. The van der Waals surface area contributed by atoms with Crippen LogP contribution in [-0.2, 0) is 14.2 Å². The number of phenols is 4. The summed E-state index contributed by atoms with van der Waals surface area (Å²) in [6.07, 6.45) is -1.03. The smallest absolute Gasteiger partial charge is 0.122 e. The van der Waals surface area contributed by atoms with Crippen molar-refractivity contribution in [3.8, 4) is 23.0 Å². The van der Waals surface area contributed by atoms with E-state index in [1.165, 1.54) is 0 Å². The summed E-state index contributed by atoms with van der Waals surface area (Å²) in [5.41, 5.74) is 1.30. The molecule has 0 saturated carbocycles. The van der Waals surface area contributed by atoms with Crippen LogP contribution < -0.4 is 0 Å². The second kappa shape index (κ2) is 7.52. The van der Waals surface area contributed by atoms with Crippen molar-refractivity contribution in [2.75, 3.05) is 13.2 Å². The van der Waals surface area contributed by atoms with E-state index in [4.69, 9.17) is 14.2 Å². The Bertz CT molecular complexity index is 1270. The molecule has 168 valence electrons. The molecule has 0 aromatic heterocycles. The zero-order chi connectivity index (χ0) is 22.7. The molecule has 2 heterocycles. The summed E-state index contributed by atoms with van der Waals surface area (Å²) in [5.74, 6) is 0.510. The SMILES string of the molecule is Oc1ccc2ccc(O)c(C3OC3COCC3OC3c3c(O)ccc4ccc(O)cc34)c2c1. The minimum atomic E-state index is -0.309. The maximum absolute atomic E-state index is 10.4. The normalized spacial score (nSPS) is 23.8. The lowest BCUT2D eigenvalue weighted by Crippen LogP contribution is -2.08. The maximum atomic E-state index is 10.4. The molecular formula is C26H22O7. The third-order valence-corrected chi connectivity index (χ3v) is 6.35. The topological polar surface area (TPSA) is 115 Å². The zero-order valence-corrected chi connectivity index (χ0v) is 17.5. The fraction of sp³-hybridized carbons (Fsp3) is 0.231. The molecule has 7 nitrogen and oxygen atoms in total. The van der Waals surface area contributed by atoms with Gasteiger partial charge in [0.25, 0.3) is 0 Å². The number of phenolic OH excluding ortho intramolecular Hbond substituents is 4. The van der Waals surface area contributed by atoms with Crippen LogP contribution >= 0.6 is 0 Å². The summed E-state index contributed by atoms with van der Waals surface area (Å²) in [6.45, 7) is 0.655. The van der Waals surface area contributed by atoms with Crippen molar-refractivity contribution < 1.29 is 34.6 Å². The van der Waals surface area contributed by atoms with Gasteiger partial charge in [-0.05, 0) is 57.9 Å². The van der Waals surface area contributed by atoms with Gasteiger partial charge in [-0.3, -0.25) is 0 Å². The highest BCUT2D eigenvalue weighted by Gasteiger charge is 2.46. The molecule has 2 aliphatic rings. The number of hydrogen-bond donors (Lipinski definition) is 4. The lowest BCUT2D eigenvalue weighted by molar-refractivity contribution is 0.102. The van der Waals surface area contributed by atoms with Crippen LogP contribution in [0.1, 0.15) is 23.3 Å². The first-order chi connectivity index (χ1) is 16.0. The molecule has 0 bridgehead atoms. The molecule has 2 aliphatic heterocycles. The molecule has 4 aromatic rings. The van der Waals surface area contributed by atoms with E-state index in [0.29, 0.717) is 24.3 Å². The summed E-state index contributed by atoms with van der Waals surface area (Å²) < 4.78 is 17.3. The average molecular weight is 446 g/mol. The standard InChI is InChI=1S/C26H22O7/c27-15-5-1-13-3-7-19(29)23(17(13)9-15)25-21(32-25)11-31-12-22-26(33-22)24-18-10-16(28)6-2-14(18)4-8-20(24)30/h1-10,21-22,25-30H,11-12H2. The number of aromatic hydroxyl groups is 4. The molecule has 2 fully saturated rings. The highest BCUT2D eigenvalue weighted by molar-refractivity contribution is 5.90. The van der Waals surface area contributed by atoms with Gasteiger partial charge in [-0.25, -0.2) is 0 Å². The van der Waals surface area contributed by atoms with Crippen LogP contribution in [0.25, 0.3) is 21.5 Å². The fourth-order valence-electron chi connectivity index (χ4n) is 4.58. The third-order valence-electron chi connectivity index (χ3n) is 6.35. The van der Waals surface area contributed by atoms with Crippen LogP contribution in [0, 0.1) is 0 Å². The van der Waals surface area contributed by atoms with Gasteiger partial charge >= 0.3 is 0 Å². The molecule has 33 heavy (non-hydrogen) atoms. The number of epoxide rings is 2. The van der Waals surface area contributed by atoms with Gasteiger partial charge < -0.3 is 34.6 Å². The minimum Gasteiger partial charge on any atom is -0.508 e. The van der Waals surface area contributed by atoms with Crippen LogP contribution in [0.2, 0.25) is 0 Å². The van der Waals surface area contributed by atoms with Crippen molar-refractivity contribution in [3.05, 3.63) is 71.8 Å². The Labute approximate surface area is 189 Å². The van der Waals surface area contributed by atoms with Crippen LogP contribution in [-0.4, -0.2) is 45.8 Å². The number of rotatable bonds is 6. The van der Waals surface area contributed by atoms with Gasteiger partial charge in [0, 0.05) is 11.1 Å². The van der Waals surface area contributed by atoms with Crippen molar-refractivity contribution in [2.45, 2.75) is 24.4 Å². The van der Waals surface area contributed by atoms with E-state index in [2.05, 4.69) is 0 Å². The summed E-state index contributed by atoms with van der Waals surface area (Å²) in [4.78, 5) is 0. The Hall–Kier alpha value is -3.52. The Kier molecular flexibility index (Phi) is 4.58. The summed E-state index contributed by atoms with van der Waals surface area (Å²) in [5, 5.41) is 43.8. The Balaban J connectivity index is 1.11. The molecule has 7 heteroatoms. The summed E-state index contributed by atoms with van der Waals surface area (Å²) >= 11 is 0. The summed E-state index contributed by atoms with van der Waals surface area (Å²) in [7, 11) is 0. The van der Waals surface area contributed by atoms with Gasteiger partial charge in [0.15, 0.2) is 0 Å². The van der Waals surface area contributed by atoms with Gasteiger partial charge in [0.1, 0.15) is 47.4 Å². The monoisotopic (exact) mass is 446 g/mol. The number of benzene rings is 4. The van der Waals surface area contributed by atoms with Gasteiger partial charge in [-0.2, -0.15) is 0 Å². The van der Waals surface area contributed by atoms with Gasteiger partial charge in [0.05, 0.1) is 13.2 Å². The predicted octanol–water partition coefficient (Wildman–Crippen LogP) is 4.41. The zero-order valence-electron chi connectivity index (χ0n) is 17.5. The van der Waals surface area contributed by atoms with Gasteiger partial charge in [0.2, 0.25) is 0 Å². The number of ether oxygens (including phenoxy) is 3. The number of hydrogen-bond acceptors (Lipinski definition) is 7. The van der Waals surface area contributed by atoms with Crippen molar-refractivity contribution in [1.29, 1.82) is 0 Å². The first kappa shape index (κ1) is 20.1. The third kappa shape index (κ3) is 3.60. The first-order valence-corrected chi connectivity index (χ1v) is 10.8. The molecule has 4 aromatic carbocycles. The van der Waals surface area contributed by atoms with E-state index < -0.39 is 0 Å². The predicted molar refractivity (Wildman–Crippen MR) is 121 cm³/mol. The molecule has 2 saturated heterocycles. The average Bonchev–Trinajstić information content (AvgIpc) is 3.71. The van der Waals surface area contributed by atoms with E-state index in [1.807, 2.05) is 0 Å². The van der Waals surface area contributed by atoms with Crippen LogP contribution in [0.3, 0.4) is 0 Å². The van der Waals surface area contributed by atoms with Crippen LogP contribution in [0.5, 0.6) is 23.0 Å². The van der Waals surface area contributed by atoms with Crippen molar-refractivity contribution in [2.24, 2.45) is 0 Å². The second-order valence-electron chi connectivity index (χ2n) is 8.54. The van der Waals surface area contributed by atoms with E-state index >= 15 is 0 Å². The first-order valence-electron chi connectivity index (χ1n) is 10.8. The highest BCUT2D eigenvalue weighted by Crippen LogP contribution is 2.48. The Morgan fingerprint density at radius 1 is 0.606 bits per heavy atom. The quantitative estimate of drug-likeness (QED) is 0.324. The van der Waals surface area contributed by atoms with Crippen LogP contribution in [0.15, 0.2) is 60.7 Å². The molecule has 0 amide bonds. The molecule has 4 N–H and O–H groups in total. The largest absolute Gasteiger partial charge is 0.508 e. The highest BCUT2D eigenvalue weighted by atomic mass is 16.6. The van der Waals surface area contributed by atoms with Crippen LogP contribution in [0.4, 0.5) is 0 Å². The summed E-state index contributed by atoms with van der Waals surface area (Å²) in [6, 6.07) is 16.9. The molecule has 0 radical (unpaired) electrons. The number of fused-ring (bicyclic) bond motifs is 2. The Morgan fingerprint density at radius 2 is 1.03 bits per heavy atom. The lowest BCUT2D eigenvalue weighted by Gasteiger charge is -2.08. The molecule has 4 unspecified atom stereocenters. The maximum Gasteiger partial charge on any atom is 0.122 e. The van der Waals surface area contributed by atoms with E-state index in [-0.39, 0.29) is 47.4 Å². The van der Waals surface area contributed by atoms with Crippen molar-refractivity contribution in [3.63, 3.8) is 0 Å². The van der Waals surface area contributed by atoms with Gasteiger partial charge in [-0.15, -0.1) is 0 Å². The van der Waals surface area contributed by atoms with Crippen molar-refractivity contribution in [1.82, 2.24) is 0 Å². The van der Waals surface area contributed by atoms with E-state index in [9.17, 15) is 20.4 Å². The Morgan fingerprint density at radius 3 is 1.48 bits per heavy atom. The fourth-order valence-corrected chi connectivity index (χ4v) is 4.58. The second-order valence-corrected chi connectivity index (χ2v) is 8.54. The molecule has 0 aliphatic carbocycles. The minimum absolute atomic E-state index is 0.126. The molecule has 6 rings (SSSR count). The molecular weight excluding hydrogens is 424 g/mol. The lowest BCUT2D eigenvalue weighted by atomic mass is 9.99. The van der Waals surface area contributed by atoms with E-state index in [1.54, 1.807) is 60.7 Å². The molecule has 0 spiro atoms. The van der Waals surface area contributed by atoms with Gasteiger partial charge in [-0.1, -0.05) is 24.3 Å². The van der Waals surface area contributed by atoms with Crippen molar-refractivity contribution >= 4 is 21.5 Å².